The third-order valence-electron chi connectivity index (χ3n) is 2.65. The third kappa shape index (κ3) is 2.71. The van der Waals surface area contributed by atoms with Crippen molar-refractivity contribution in [3.05, 3.63) is 53.6 Å². The van der Waals surface area contributed by atoms with Crippen molar-refractivity contribution in [3.63, 3.8) is 0 Å². The lowest BCUT2D eigenvalue weighted by atomic mass is 10.0. The minimum Gasteiger partial charge on any atom is -0.496 e. The maximum atomic E-state index is 12.0. The molecule has 0 aliphatic rings. The third-order valence-corrected chi connectivity index (χ3v) is 2.65. The van der Waals surface area contributed by atoms with Gasteiger partial charge >= 0.3 is 0 Å². The Hall–Kier alpha value is -2.23. The van der Waals surface area contributed by atoms with Gasteiger partial charge in [0.05, 0.1) is 7.11 Å². The van der Waals surface area contributed by atoms with Crippen LogP contribution in [0, 0.1) is 6.92 Å². The van der Waals surface area contributed by atoms with Crippen molar-refractivity contribution in [2.45, 2.75) is 13.3 Å². The SMILES string of the molecule is COc1ccc(C)cc1CC(=O)c1ccncn1. The van der Waals surface area contributed by atoms with E-state index >= 15 is 0 Å². The zero-order chi connectivity index (χ0) is 13.0. The molecule has 0 unspecified atom stereocenters. The van der Waals surface area contributed by atoms with Crippen LogP contribution >= 0.6 is 0 Å². The molecule has 0 N–H and O–H groups in total. The van der Waals surface area contributed by atoms with Crippen LogP contribution in [-0.2, 0) is 6.42 Å². The topological polar surface area (TPSA) is 52.1 Å². The van der Waals surface area contributed by atoms with Crippen molar-refractivity contribution in [3.8, 4) is 5.75 Å². The summed E-state index contributed by atoms with van der Waals surface area (Å²) in [5.74, 6) is 0.685. The minimum atomic E-state index is -0.0405. The molecule has 92 valence electrons. The van der Waals surface area contributed by atoms with Gasteiger partial charge in [-0.2, -0.15) is 0 Å². The Morgan fingerprint density at radius 2 is 2.17 bits per heavy atom. The van der Waals surface area contributed by atoms with Crippen molar-refractivity contribution >= 4 is 5.78 Å². The Balaban J connectivity index is 2.24. The van der Waals surface area contributed by atoms with Crippen LogP contribution in [-0.4, -0.2) is 22.9 Å². The molecule has 2 aromatic rings. The first-order valence-corrected chi connectivity index (χ1v) is 5.63. The van der Waals surface area contributed by atoms with Crippen molar-refractivity contribution in [1.29, 1.82) is 0 Å². The second-order valence-electron chi connectivity index (χ2n) is 4.01. The highest BCUT2D eigenvalue weighted by Crippen LogP contribution is 2.21. The monoisotopic (exact) mass is 242 g/mol. The van der Waals surface area contributed by atoms with E-state index in [1.807, 2.05) is 25.1 Å². The number of Topliss-reactive ketones (excluding diaryl/α,β-unsaturated/α-hetero) is 1. The molecule has 2 rings (SSSR count). The summed E-state index contributed by atoms with van der Waals surface area (Å²) >= 11 is 0. The first-order chi connectivity index (χ1) is 8.70. The maximum absolute atomic E-state index is 12.0. The van der Waals surface area contributed by atoms with Gasteiger partial charge in [0, 0.05) is 18.2 Å². The molecule has 0 saturated heterocycles. The average Bonchev–Trinajstić information content (AvgIpc) is 2.40. The summed E-state index contributed by atoms with van der Waals surface area (Å²) < 4.78 is 5.25. The fourth-order valence-electron chi connectivity index (χ4n) is 1.76. The molecule has 1 aromatic heterocycles. The number of hydrogen-bond donors (Lipinski definition) is 0. The van der Waals surface area contributed by atoms with Gasteiger partial charge in [0.15, 0.2) is 5.78 Å². The number of ketones is 1. The fraction of sp³-hybridized carbons (Fsp3) is 0.214. The molecule has 0 aliphatic carbocycles. The second-order valence-corrected chi connectivity index (χ2v) is 4.01. The number of carbonyl (C=O) groups excluding carboxylic acids is 1. The van der Waals surface area contributed by atoms with Gasteiger partial charge in [-0.1, -0.05) is 17.7 Å². The van der Waals surface area contributed by atoms with Gasteiger partial charge in [-0.3, -0.25) is 4.79 Å². The number of benzene rings is 1. The predicted molar refractivity (Wildman–Crippen MR) is 67.8 cm³/mol. The number of methoxy groups -OCH3 is 1. The lowest BCUT2D eigenvalue weighted by molar-refractivity contribution is 0.0987. The van der Waals surface area contributed by atoms with Crippen molar-refractivity contribution in [2.24, 2.45) is 0 Å². The summed E-state index contributed by atoms with van der Waals surface area (Å²) in [6.45, 7) is 1.98. The van der Waals surface area contributed by atoms with Crippen molar-refractivity contribution in [1.82, 2.24) is 9.97 Å². The van der Waals surface area contributed by atoms with Gasteiger partial charge in [0.2, 0.25) is 0 Å². The van der Waals surface area contributed by atoms with Gasteiger partial charge in [-0.25, -0.2) is 9.97 Å². The van der Waals surface area contributed by atoms with E-state index in [0.717, 1.165) is 16.9 Å². The average molecular weight is 242 g/mol. The highest BCUT2D eigenvalue weighted by Gasteiger charge is 2.11. The Morgan fingerprint density at radius 1 is 1.33 bits per heavy atom. The summed E-state index contributed by atoms with van der Waals surface area (Å²) in [4.78, 5) is 19.8. The van der Waals surface area contributed by atoms with E-state index in [9.17, 15) is 4.79 Å². The molecular weight excluding hydrogens is 228 g/mol. The maximum Gasteiger partial charge on any atom is 0.185 e. The van der Waals surface area contributed by atoms with E-state index in [4.69, 9.17) is 4.74 Å². The van der Waals surface area contributed by atoms with Crippen LogP contribution in [0.5, 0.6) is 5.75 Å². The first kappa shape index (κ1) is 12.2. The van der Waals surface area contributed by atoms with Crippen LogP contribution in [0.15, 0.2) is 36.8 Å². The number of ether oxygens (including phenoxy) is 1. The summed E-state index contributed by atoms with van der Waals surface area (Å²) in [6, 6.07) is 7.40. The number of aromatic nitrogens is 2. The van der Waals surface area contributed by atoms with Crippen LogP contribution in [0.1, 0.15) is 21.6 Å². The zero-order valence-electron chi connectivity index (χ0n) is 10.4. The van der Waals surface area contributed by atoms with E-state index < -0.39 is 0 Å². The fourth-order valence-corrected chi connectivity index (χ4v) is 1.76. The van der Waals surface area contributed by atoms with E-state index in [2.05, 4.69) is 9.97 Å². The Bertz CT molecular complexity index is 553. The smallest absolute Gasteiger partial charge is 0.185 e. The Kier molecular flexibility index (Phi) is 3.67. The molecule has 0 saturated carbocycles. The van der Waals surface area contributed by atoms with E-state index in [0.29, 0.717) is 5.69 Å². The summed E-state index contributed by atoms with van der Waals surface area (Å²) in [5, 5.41) is 0. The van der Waals surface area contributed by atoms with Crippen LogP contribution in [0.25, 0.3) is 0 Å². The Morgan fingerprint density at radius 3 is 2.83 bits per heavy atom. The summed E-state index contributed by atoms with van der Waals surface area (Å²) in [6.07, 6.45) is 3.22. The molecule has 4 nitrogen and oxygen atoms in total. The number of hydrogen-bond acceptors (Lipinski definition) is 4. The normalized spacial score (nSPS) is 10.1. The molecule has 0 spiro atoms. The molecule has 1 aromatic carbocycles. The minimum absolute atomic E-state index is 0.0405. The number of rotatable bonds is 4. The van der Waals surface area contributed by atoms with Crippen LogP contribution < -0.4 is 4.74 Å². The van der Waals surface area contributed by atoms with Crippen LogP contribution in [0.4, 0.5) is 0 Å². The van der Waals surface area contributed by atoms with E-state index in [1.165, 1.54) is 6.33 Å². The molecule has 0 radical (unpaired) electrons. The summed E-state index contributed by atoms with van der Waals surface area (Å²) in [7, 11) is 1.60. The number of aryl methyl sites for hydroxylation is 1. The lowest BCUT2D eigenvalue weighted by Crippen LogP contribution is -2.07. The molecule has 0 fully saturated rings. The summed E-state index contributed by atoms with van der Waals surface area (Å²) in [5.41, 5.74) is 2.40. The predicted octanol–water partition coefficient (Wildman–Crippen LogP) is 2.22. The van der Waals surface area contributed by atoms with Gasteiger partial charge in [-0.15, -0.1) is 0 Å². The quantitative estimate of drug-likeness (QED) is 0.771. The van der Waals surface area contributed by atoms with Crippen molar-refractivity contribution < 1.29 is 9.53 Å². The second kappa shape index (κ2) is 5.40. The molecule has 0 amide bonds. The van der Waals surface area contributed by atoms with Gasteiger partial charge in [-0.05, 0) is 19.1 Å². The van der Waals surface area contributed by atoms with Crippen molar-refractivity contribution in [2.75, 3.05) is 7.11 Å². The van der Waals surface area contributed by atoms with Gasteiger partial charge in [0.25, 0.3) is 0 Å². The van der Waals surface area contributed by atoms with Crippen LogP contribution in [0.3, 0.4) is 0 Å². The van der Waals surface area contributed by atoms with Gasteiger partial charge in [0.1, 0.15) is 17.8 Å². The standard InChI is InChI=1S/C14H14N2O2/c1-10-3-4-14(18-2)11(7-10)8-13(17)12-5-6-15-9-16-12/h3-7,9H,8H2,1-2H3. The Labute approximate surface area is 106 Å². The highest BCUT2D eigenvalue weighted by atomic mass is 16.5. The molecule has 1 heterocycles. The zero-order valence-corrected chi connectivity index (χ0v) is 10.4. The number of carbonyl (C=O) groups is 1. The van der Waals surface area contributed by atoms with E-state index in [-0.39, 0.29) is 12.2 Å². The molecule has 0 atom stereocenters. The largest absolute Gasteiger partial charge is 0.496 e. The van der Waals surface area contributed by atoms with Crippen LogP contribution in [0.2, 0.25) is 0 Å². The first-order valence-electron chi connectivity index (χ1n) is 5.63. The van der Waals surface area contributed by atoms with E-state index in [1.54, 1.807) is 19.4 Å². The molecule has 0 bridgehead atoms. The van der Waals surface area contributed by atoms with Gasteiger partial charge < -0.3 is 4.74 Å². The molecule has 18 heavy (non-hydrogen) atoms. The molecule has 4 heteroatoms. The lowest BCUT2D eigenvalue weighted by Gasteiger charge is -2.08. The molecule has 0 aliphatic heterocycles. The molecular formula is C14H14N2O2. The highest BCUT2D eigenvalue weighted by molar-refractivity contribution is 5.95. The number of nitrogens with zero attached hydrogens (tertiary/aromatic N) is 2.